The number of rotatable bonds is 11. The summed E-state index contributed by atoms with van der Waals surface area (Å²) in [6.45, 7) is 2.13. The minimum absolute atomic E-state index is 0.00448. The van der Waals surface area contributed by atoms with Crippen LogP contribution in [0.15, 0.2) is 78.9 Å². The molecule has 1 saturated carbocycles. The molecule has 0 bridgehead atoms. The number of carboxylic acids is 1. The van der Waals surface area contributed by atoms with Crippen molar-refractivity contribution >= 4 is 18.0 Å². The molecule has 2 aliphatic rings. The number of hydrogen-bond acceptors (Lipinski definition) is 5. The Morgan fingerprint density at radius 2 is 1.50 bits per heavy atom. The van der Waals surface area contributed by atoms with Gasteiger partial charge in [0.15, 0.2) is 0 Å². The minimum Gasteiger partial charge on any atom is -0.481 e. The van der Waals surface area contributed by atoms with Crippen molar-refractivity contribution in [3.63, 3.8) is 0 Å². The van der Waals surface area contributed by atoms with Crippen LogP contribution in [0.2, 0.25) is 0 Å². The quantitative estimate of drug-likeness (QED) is 0.275. The van der Waals surface area contributed by atoms with Crippen molar-refractivity contribution in [3.05, 3.63) is 95.6 Å². The molecule has 220 valence electrons. The third-order valence-electron chi connectivity index (χ3n) is 8.40. The van der Waals surface area contributed by atoms with Gasteiger partial charge in [-0.1, -0.05) is 91.7 Å². The smallest absolute Gasteiger partial charge is 0.407 e. The third kappa shape index (κ3) is 6.99. The second-order valence-corrected chi connectivity index (χ2v) is 11.2. The highest BCUT2D eigenvalue weighted by Crippen LogP contribution is 2.44. The Hall–Kier alpha value is -4.17. The van der Waals surface area contributed by atoms with E-state index in [2.05, 4.69) is 34.9 Å². The summed E-state index contributed by atoms with van der Waals surface area (Å²) in [5, 5.41) is 15.2. The van der Waals surface area contributed by atoms with E-state index in [0.29, 0.717) is 6.42 Å². The maximum atomic E-state index is 13.6. The highest BCUT2D eigenvalue weighted by atomic mass is 16.5. The van der Waals surface area contributed by atoms with Crippen LogP contribution in [0.25, 0.3) is 11.1 Å². The number of carbonyl (C=O) groups is 3. The summed E-state index contributed by atoms with van der Waals surface area (Å²) in [5.41, 5.74) is 5.40. The zero-order chi connectivity index (χ0) is 29.5. The molecule has 0 radical (unpaired) electrons. The molecule has 3 N–H and O–H groups in total. The van der Waals surface area contributed by atoms with Gasteiger partial charge in [0.05, 0.1) is 19.1 Å². The average molecular weight is 571 g/mol. The predicted molar refractivity (Wildman–Crippen MR) is 159 cm³/mol. The monoisotopic (exact) mass is 570 g/mol. The molecule has 3 aromatic carbocycles. The summed E-state index contributed by atoms with van der Waals surface area (Å²) in [6.07, 6.45) is 1.89. The van der Waals surface area contributed by atoms with Gasteiger partial charge in [0, 0.05) is 12.0 Å². The fourth-order valence-electron chi connectivity index (χ4n) is 6.20. The van der Waals surface area contributed by atoms with E-state index in [1.807, 2.05) is 54.6 Å². The molecule has 8 nitrogen and oxygen atoms in total. The lowest BCUT2D eigenvalue weighted by molar-refractivity contribution is -0.139. The van der Waals surface area contributed by atoms with Crippen molar-refractivity contribution in [2.45, 2.75) is 69.7 Å². The Bertz CT molecular complexity index is 1350. The van der Waals surface area contributed by atoms with Gasteiger partial charge in [-0.3, -0.25) is 9.59 Å². The molecule has 2 aliphatic carbocycles. The van der Waals surface area contributed by atoms with Crippen LogP contribution in [0.3, 0.4) is 0 Å². The van der Waals surface area contributed by atoms with E-state index in [4.69, 9.17) is 9.47 Å². The van der Waals surface area contributed by atoms with Crippen molar-refractivity contribution in [2.75, 3.05) is 6.61 Å². The van der Waals surface area contributed by atoms with E-state index in [0.717, 1.165) is 47.1 Å². The number of carbonyl (C=O) groups excluding carboxylic acids is 2. The van der Waals surface area contributed by atoms with Crippen LogP contribution < -0.4 is 10.6 Å². The minimum atomic E-state index is -1.03. The lowest BCUT2D eigenvalue weighted by atomic mass is 9.82. The van der Waals surface area contributed by atoms with E-state index in [1.165, 1.54) is 0 Å². The molecular weight excluding hydrogens is 532 g/mol. The van der Waals surface area contributed by atoms with Gasteiger partial charge in [0.25, 0.3) is 0 Å². The Balaban J connectivity index is 1.27. The van der Waals surface area contributed by atoms with Crippen LogP contribution in [0.5, 0.6) is 0 Å². The molecule has 4 atom stereocenters. The maximum Gasteiger partial charge on any atom is 0.407 e. The summed E-state index contributed by atoms with van der Waals surface area (Å²) in [5.74, 6) is -1.56. The highest BCUT2D eigenvalue weighted by Gasteiger charge is 2.35. The van der Waals surface area contributed by atoms with Crippen LogP contribution in [0.1, 0.15) is 61.6 Å². The first kappa shape index (κ1) is 29.3. The fraction of sp³-hybridized carbons (Fsp3) is 0.382. The van der Waals surface area contributed by atoms with Crippen molar-refractivity contribution < 1.29 is 29.0 Å². The molecule has 42 heavy (non-hydrogen) atoms. The number of hydrogen-bond donors (Lipinski definition) is 3. The van der Waals surface area contributed by atoms with E-state index < -0.39 is 30.1 Å². The zero-order valence-corrected chi connectivity index (χ0v) is 23.8. The maximum absolute atomic E-state index is 13.6. The van der Waals surface area contributed by atoms with E-state index >= 15 is 0 Å². The molecule has 0 aromatic heterocycles. The molecular formula is C34H38N2O6. The first-order chi connectivity index (χ1) is 20.4. The first-order valence-electron chi connectivity index (χ1n) is 14.7. The van der Waals surface area contributed by atoms with Gasteiger partial charge in [-0.2, -0.15) is 0 Å². The molecule has 2 amide bonds. The lowest BCUT2D eigenvalue weighted by Gasteiger charge is -2.33. The standard InChI is InChI=1S/C34H38N2O6/c1-22(41-20-23-11-3-2-4-12-23)32(33(39)35-30-18-10-5-13-24(30)19-31(37)38)36-34(40)42-21-29-27-16-8-6-14-25(27)26-15-7-9-17-28(26)29/h2-4,6-9,11-12,14-17,22,24,29-30,32H,5,10,13,18-21H2,1H3,(H,35,39)(H,36,40)(H,37,38)/t22?,24-,30-,32?/m0/s1. The Kier molecular flexibility index (Phi) is 9.54. The van der Waals surface area contributed by atoms with Gasteiger partial charge in [0.1, 0.15) is 12.6 Å². The molecule has 3 aromatic rings. The first-order valence-corrected chi connectivity index (χ1v) is 14.7. The number of ether oxygens (including phenoxy) is 2. The van der Waals surface area contributed by atoms with Gasteiger partial charge < -0.3 is 25.2 Å². The topological polar surface area (TPSA) is 114 Å². The molecule has 0 spiro atoms. The summed E-state index contributed by atoms with van der Waals surface area (Å²) >= 11 is 0. The van der Waals surface area contributed by atoms with Gasteiger partial charge in [-0.15, -0.1) is 0 Å². The Morgan fingerprint density at radius 1 is 0.881 bits per heavy atom. The number of fused-ring (bicyclic) bond motifs is 3. The van der Waals surface area contributed by atoms with E-state index in [1.54, 1.807) is 6.92 Å². The molecule has 2 unspecified atom stereocenters. The third-order valence-corrected chi connectivity index (χ3v) is 8.40. The number of aliphatic carboxylic acids is 1. The van der Waals surface area contributed by atoms with Crippen LogP contribution >= 0.6 is 0 Å². The van der Waals surface area contributed by atoms with Crippen LogP contribution in [-0.4, -0.2) is 47.9 Å². The molecule has 8 heteroatoms. The van der Waals surface area contributed by atoms with Gasteiger partial charge in [-0.05, 0) is 53.5 Å². The van der Waals surface area contributed by atoms with Crippen molar-refractivity contribution in [1.82, 2.24) is 10.6 Å². The van der Waals surface area contributed by atoms with Crippen LogP contribution in [-0.2, 0) is 25.7 Å². The molecule has 0 heterocycles. The number of benzene rings is 3. The number of alkyl carbamates (subject to hydrolysis) is 1. The largest absolute Gasteiger partial charge is 0.481 e. The summed E-state index contributed by atoms with van der Waals surface area (Å²) in [6, 6.07) is 24.5. The van der Waals surface area contributed by atoms with Gasteiger partial charge in [0.2, 0.25) is 5.91 Å². The summed E-state index contributed by atoms with van der Waals surface area (Å²) < 4.78 is 11.8. The Morgan fingerprint density at radius 3 is 2.17 bits per heavy atom. The highest BCUT2D eigenvalue weighted by molar-refractivity contribution is 5.86. The fourth-order valence-corrected chi connectivity index (χ4v) is 6.20. The van der Waals surface area contributed by atoms with Crippen LogP contribution in [0.4, 0.5) is 4.79 Å². The van der Waals surface area contributed by atoms with Crippen molar-refractivity contribution in [1.29, 1.82) is 0 Å². The average Bonchev–Trinajstić information content (AvgIpc) is 3.32. The normalized spacial score (nSPS) is 19.2. The SMILES string of the molecule is CC(OCc1ccccc1)C(NC(=O)OCC1c2ccccc2-c2ccccc21)C(=O)N[C@H]1CCCC[C@H]1CC(=O)O. The van der Waals surface area contributed by atoms with Crippen molar-refractivity contribution in [2.24, 2.45) is 5.92 Å². The molecule has 0 aliphatic heterocycles. The van der Waals surface area contributed by atoms with Gasteiger partial charge >= 0.3 is 12.1 Å². The van der Waals surface area contributed by atoms with Gasteiger partial charge in [-0.25, -0.2) is 4.79 Å². The number of carboxylic acid groups (broad SMARTS) is 1. The zero-order valence-electron chi connectivity index (χ0n) is 23.8. The predicted octanol–water partition coefficient (Wildman–Crippen LogP) is 5.65. The van der Waals surface area contributed by atoms with Crippen molar-refractivity contribution in [3.8, 4) is 11.1 Å². The number of nitrogens with one attached hydrogen (secondary N) is 2. The second kappa shape index (κ2) is 13.7. The Labute approximate surface area is 246 Å². The number of amides is 2. The van der Waals surface area contributed by atoms with Crippen LogP contribution in [0, 0.1) is 5.92 Å². The molecule has 1 fully saturated rings. The molecule has 0 saturated heterocycles. The molecule has 5 rings (SSSR count). The summed E-state index contributed by atoms with van der Waals surface area (Å²) in [4.78, 5) is 38.2. The second-order valence-electron chi connectivity index (χ2n) is 11.2. The lowest BCUT2D eigenvalue weighted by Crippen LogP contribution is -2.56. The van der Waals surface area contributed by atoms with E-state index in [-0.39, 0.29) is 37.5 Å². The van der Waals surface area contributed by atoms with E-state index in [9.17, 15) is 19.5 Å². The summed E-state index contributed by atoms with van der Waals surface area (Å²) in [7, 11) is 0.